The van der Waals surface area contributed by atoms with Crippen molar-refractivity contribution in [3.63, 3.8) is 0 Å². The number of hydrogen-bond donors (Lipinski definition) is 0. The molecule has 2 aliphatic rings. The van der Waals surface area contributed by atoms with Crippen LogP contribution in [0.2, 0.25) is 9.26 Å². The molecular formula is C36H42Cl2N2SiZr. The SMILES string of the molecule is CCC1=Cc2c(-c3ccccn3)ccc(C)c2[CH]1[Zr]([CH3])([CH3])(=[SiH2])[CH]1C(CC)=Cc2c(-c3ccccn3)ccc(C)c21.Cl.Cl. The van der Waals surface area contributed by atoms with Gasteiger partial charge in [-0.05, 0) is 0 Å². The second-order valence-corrected chi connectivity index (χ2v) is 43.4. The average Bonchev–Trinajstić information content (AvgIpc) is 3.56. The Labute approximate surface area is 266 Å². The van der Waals surface area contributed by atoms with Crippen LogP contribution in [0.4, 0.5) is 0 Å². The fraction of sp³-hybridized carbons (Fsp3) is 0.278. The van der Waals surface area contributed by atoms with Crippen LogP contribution in [0.3, 0.4) is 0 Å². The largest absolute Gasteiger partial charge is 0.147 e. The number of fused-ring (bicyclic) bond motifs is 2. The molecule has 6 heteroatoms. The molecule has 6 rings (SSSR count). The Morgan fingerprint density at radius 3 is 1.38 bits per heavy atom. The fourth-order valence-corrected chi connectivity index (χ4v) is 28.2. The molecule has 218 valence electrons. The van der Waals surface area contributed by atoms with Crippen molar-refractivity contribution in [1.82, 2.24) is 9.97 Å². The summed E-state index contributed by atoms with van der Waals surface area (Å²) < 4.78 is 6.53. The molecule has 2 nitrogen and oxygen atoms in total. The molecular weight excluding hydrogens is 651 g/mol. The molecule has 2 heterocycles. The Morgan fingerprint density at radius 1 is 0.643 bits per heavy atom. The van der Waals surface area contributed by atoms with E-state index >= 15 is 0 Å². The first kappa shape index (κ1) is 32.8. The van der Waals surface area contributed by atoms with Gasteiger partial charge in [0.1, 0.15) is 0 Å². The molecule has 0 bridgehead atoms. The van der Waals surface area contributed by atoms with Crippen molar-refractivity contribution in [3.05, 3.63) is 118 Å². The predicted octanol–water partition coefficient (Wildman–Crippen LogP) is 10.0. The van der Waals surface area contributed by atoms with Gasteiger partial charge in [0.25, 0.3) is 0 Å². The zero-order valence-corrected chi connectivity index (χ0v) is 31.1. The Balaban J connectivity index is 0.00000202. The summed E-state index contributed by atoms with van der Waals surface area (Å²) in [6.45, 7) is 11.8. The standard InChI is InChI=1S/2C17H16N.2CH3.2ClH.H2Si.Zr/c2*1-3-13-10-15-12(2)7-8-14(16(15)11-13)17-6-4-5-9-18-17;;;;;;/h2*4-11H,3H2,1-2H3;2*1H3;2*1H;1H2;. The Hall–Kier alpha value is -2.10. The Morgan fingerprint density at radius 2 is 1.05 bits per heavy atom. The normalized spacial score (nSPS) is 17.4. The van der Waals surface area contributed by atoms with Crippen molar-refractivity contribution in [2.75, 3.05) is 0 Å². The fourth-order valence-electron chi connectivity index (χ4n) is 7.91. The monoisotopic (exact) mass is 690 g/mol. The summed E-state index contributed by atoms with van der Waals surface area (Å²) in [5, 5.41) is 0. The summed E-state index contributed by atoms with van der Waals surface area (Å²) in [5.74, 6) is 0. The molecule has 0 spiro atoms. The number of nitrogens with zero attached hydrogens (tertiary/aromatic N) is 2. The van der Waals surface area contributed by atoms with E-state index in [9.17, 15) is 0 Å². The number of aryl methyl sites for hydroxylation is 2. The molecule has 0 fully saturated rings. The van der Waals surface area contributed by atoms with Crippen molar-refractivity contribution in [2.45, 2.75) is 57.1 Å². The van der Waals surface area contributed by atoms with Crippen LogP contribution in [0.25, 0.3) is 34.7 Å². The first-order chi connectivity index (χ1) is 19.1. The summed E-state index contributed by atoms with van der Waals surface area (Å²) >= 11 is -3.68. The van der Waals surface area contributed by atoms with E-state index in [0.717, 1.165) is 24.2 Å². The summed E-state index contributed by atoms with van der Waals surface area (Å²) in [4.78, 5) is 9.54. The van der Waals surface area contributed by atoms with Gasteiger partial charge in [0.15, 0.2) is 0 Å². The number of pyridine rings is 2. The van der Waals surface area contributed by atoms with Gasteiger partial charge < -0.3 is 0 Å². The summed E-state index contributed by atoms with van der Waals surface area (Å²) in [6.07, 6.45) is 11.1. The van der Waals surface area contributed by atoms with Crippen LogP contribution in [0.15, 0.2) is 84.2 Å². The van der Waals surface area contributed by atoms with Crippen molar-refractivity contribution in [1.29, 1.82) is 0 Å². The van der Waals surface area contributed by atoms with E-state index < -0.39 is 17.4 Å². The van der Waals surface area contributed by atoms with Crippen LogP contribution in [-0.4, -0.2) is 16.8 Å². The summed E-state index contributed by atoms with van der Waals surface area (Å²) in [5.41, 5.74) is 16.8. The molecule has 0 radical (unpaired) electrons. The number of benzene rings is 2. The van der Waals surface area contributed by atoms with Crippen LogP contribution < -0.4 is 0 Å². The average molecular weight is 693 g/mol. The van der Waals surface area contributed by atoms with E-state index in [2.05, 4.69) is 105 Å². The van der Waals surface area contributed by atoms with Crippen LogP contribution in [-0.2, 0) is 17.4 Å². The van der Waals surface area contributed by atoms with Crippen LogP contribution in [0.5, 0.6) is 0 Å². The van der Waals surface area contributed by atoms with Gasteiger partial charge in [0, 0.05) is 0 Å². The van der Waals surface area contributed by atoms with Crippen molar-refractivity contribution < 1.29 is 17.4 Å². The predicted molar refractivity (Wildman–Crippen MR) is 186 cm³/mol. The van der Waals surface area contributed by atoms with Crippen molar-refractivity contribution >= 4 is 43.8 Å². The van der Waals surface area contributed by atoms with Gasteiger partial charge in [-0.1, -0.05) is 0 Å². The zero-order chi connectivity index (χ0) is 28.3. The smallest absolute Gasteiger partial charge is 0.147 e. The molecule has 0 amide bonds. The van der Waals surface area contributed by atoms with E-state index in [-0.39, 0.29) is 24.8 Å². The molecule has 2 unspecified atom stereocenters. The molecule has 0 saturated carbocycles. The first-order valence-corrected chi connectivity index (χ1v) is 28.4. The second-order valence-electron chi connectivity index (χ2n) is 12.9. The Bertz CT molecular complexity index is 1650. The van der Waals surface area contributed by atoms with Crippen LogP contribution >= 0.6 is 24.8 Å². The first-order valence-electron chi connectivity index (χ1n) is 14.7. The van der Waals surface area contributed by atoms with Gasteiger partial charge in [-0.15, -0.1) is 24.8 Å². The molecule has 42 heavy (non-hydrogen) atoms. The molecule has 0 aliphatic heterocycles. The van der Waals surface area contributed by atoms with E-state index in [1.165, 1.54) is 33.4 Å². The van der Waals surface area contributed by atoms with E-state index in [4.69, 9.17) is 9.97 Å². The van der Waals surface area contributed by atoms with Crippen molar-refractivity contribution in [3.8, 4) is 22.5 Å². The summed E-state index contributed by atoms with van der Waals surface area (Å²) in [7, 11) is 0. The van der Waals surface area contributed by atoms with Gasteiger partial charge in [0.05, 0.1) is 0 Å². The van der Waals surface area contributed by atoms with Crippen LogP contribution in [0, 0.1) is 13.8 Å². The zero-order valence-electron chi connectivity index (χ0n) is 25.6. The Kier molecular flexibility index (Phi) is 9.47. The molecule has 4 aromatic rings. The molecule has 2 aromatic heterocycles. The topological polar surface area (TPSA) is 25.8 Å². The van der Waals surface area contributed by atoms with E-state index in [1.54, 1.807) is 22.3 Å². The molecule has 2 aromatic carbocycles. The van der Waals surface area contributed by atoms with Crippen molar-refractivity contribution in [2.24, 2.45) is 0 Å². The quantitative estimate of drug-likeness (QED) is 0.188. The molecule has 2 atom stereocenters. The molecule has 2 aliphatic carbocycles. The minimum absolute atomic E-state index is 0. The van der Waals surface area contributed by atoms with Gasteiger partial charge in [-0.25, -0.2) is 0 Å². The minimum Gasteiger partial charge on any atom is -0.147 e. The van der Waals surface area contributed by atoms with Gasteiger partial charge in [-0.2, -0.15) is 0 Å². The number of halogens is 2. The van der Waals surface area contributed by atoms with Gasteiger partial charge in [0.2, 0.25) is 0 Å². The third-order valence-electron chi connectivity index (χ3n) is 9.58. The number of rotatable bonds is 6. The molecule has 0 saturated heterocycles. The maximum Gasteiger partial charge on any atom is -0.147 e. The second kappa shape index (κ2) is 12.1. The van der Waals surface area contributed by atoms with E-state index in [0.29, 0.717) is 7.25 Å². The third kappa shape index (κ3) is 5.17. The van der Waals surface area contributed by atoms with Gasteiger partial charge in [-0.3, -0.25) is 0 Å². The number of hydrogen-bond acceptors (Lipinski definition) is 2. The third-order valence-corrected chi connectivity index (χ3v) is 27.0. The summed E-state index contributed by atoms with van der Waals surface area (Å²) in [6, 6.07) is 21.8. The molecule has 0 N–H and O–H groups in total. The maximum atomic E-state index is 4.77. The van der Waals surface area contributed by atoms with E-state index in [1.807, 2.05) is 24.5 Å². The number of allylic oxidation sites excluding steroid dienone is 2. The van der Waals surface area contributed by atoms with Gasteiger partial charge >= 0.3 is 244 Å². The maximum absolute atomic E-state index is 4.77. The minimum atomic E-state index is -3.68. The van der Waals surface area contributed by atoms with Crippen LogP contribution in [0.1, 0.15) is 67.3 Å². The number of aromatic nitrogens is 2.